The standard InChI is InChI=1S/C25H43N3O7/c1-7-34-23(30)19-13-20(27-24(31)35-25(3,4)5)22(26-17(2)29)21(14-19)28-10-8-9-18(15-28)16-33-12-11-32-6/h14,18,20-22H,7-13,15-16H2,1-6H3,(H,26,29)(H,27,31)/t18-,20-,21+,22+/m0/s1. The normalized spacial score (nSPS) is 25.4. The Kier molecular flexibility index (Phi) is 11.5. The SMILES string of the molecule is CCOC(=O)C1=C[C@@H](N2CCC[C@H](COCCOC)C2)[C@H](NC(C)=O)[C@@H](NC(=O)OC(C)(C)C)C1. The highest BCUT2D eigenvalue weighted by Crippen LogP contribution is 2.28. The molecule has 0 radical (unpaired) electrons. The summed E-state index contributed by atoms with van der Waals surface area (Å²) in [6.07, 6.45) is 3.53. The highest BCUT2D eigenvalue weighted by molar-refractivity contribution is 5.89. The van der Waals surface area contributed by atoms with E-state index in [1.807, 2.05) is 6.08 Å². The van der Waals surface area contributed by atoms with Crippen molar-refractivity contribution in [3.8, 4) is 0 Å². The van der Waals surface area contributed by atoms with Crippen molar-refractivity contribution < 1.29 is 33.3 Å². The summed E-state index contributed by atoms with van der Waals surface area (Å²) in [5.41, 5.74) is -0.192. The topological polar surface area (TPSA) is 115 Å². The number of alkyl carbamates (subject to hydrolysis) is 1. The number of amides is 2. The lowest BCUT2D eigenvalue weighted by molar-refractivity contribution is -0.139. The molecular formula is C25H43N3O7. The second-order valence-electron chi connectivity index (χ2n) is 10.2. The summed E-state index contributed by atoms with van der Waals surface area (Å²) in [4.78, 5) is 39.8. The van der Waals surface area contributed by atoms with E-state index in [1.165, 1.54) is 6.92 Å². The van der Waals surface area contributed by atoms with Gasteiger partial charge in [-0.25, -0.2) is 9.59 Å². The molecule has 0 aromatic rings. The predicted octanol–water partition coefficient (Wildman–Crippen LogP) is 2.02. The maximum Gasteiger partial charge on any atom is 0.407 e. The summed E-state index contributed by atoms with van der Waals surface area (Å²) in [6.45, 7) is 12.1. The van der Waals surface area contributed by atoms with Gasteiger partial charge in [-0.3, -0.25) is 9.69 Å². The van der Waals surface area contributed by atoms with Crippen LogP contribution in [0.25, 0.3) is 0 Å². The summed E-state index contributed by atoms with van der Waals surface area (Å²) in [6, 6.07) is -1.28. The van der Waals surface area contributed by atoms with Crippen LogP contribution in [-0.4, -0.2) is 93.2 Å². The molecule has 1 saturated heterocycles. The minimum Gasteiger partial charge on any atom is -0.463 e. The molecule has 4 atom stereocenters. The number of hydrogen-bond acceptors (Lipinski definition) is 8. The first-order valence-electron chi connectivity index (χ1n) is 12.5. The zero-order valence-corrected chi connectivity index (χ0v) is 22.1. The summed E-state index contributed by atoms with van der Waals surface area (Å²) >= 11 is 0. The molecule has 2 N–H and O–H groups in total. The molecule has 0 aromatic heterocycles. The highest BCUT2D eigenvalue weighted by Gasteiger charge is 2.41. The Morgan fingerprint density at radius 2 is 1.91 bits per heavy atom. The Hall–Kier alpha value is -2.17. The zero-order chi connectivity index (χ0) is 26.0. The van der Waals surface area contributed by atoms with Crippen LogP contribution in [0.2, 0.25) is 0 Å². The Labute approximate surface area is 209 Å². The first kappa shape index (κ1) is 29.1. The second-order valence-corrected chi connectivity index (χ2v) is 10.2. The van der Waals surface area contributed by atoms with E-state index in [-0.39, 0.29) is 25.0 Å². The van der Waals surface area contributed by atoms with E-state index in [0.29, 0.717) is 31.3 Å². The summed E-state index contributed by atoms with van der Waals surface area (Å²) < 4.78 is 21.6. The predicted molar refractivity (Wildman–Crippen MR) is 131 cm³/mol. The number of esters is 1. The van der Waals surface area contributed by atoms with E-state index in [0.717, 1.165) is 25.9 Å². The first-order chi connectivity index (χ1) is 16.5. The van der Waals surface area contributed by atoms with E-state index in [2.05, 4.69) is 15.5 Å². The van der Waals surface area contributed by atoms with Gasteiger partial charge in [0.1, 0.15) is 5.60 Å². The number of hydrogen-bond donors (Lipinski definition) is 2. The molecule has 0 unspecified atom stereocenters. The average molecular weight is 498 g/mol. The Morgan fingerprint density at radius 3 is 2.54 bits per heavy atom. The maximum atomic E-state index is 12.7. The van der Waals surface area contributed by atoms with Gasteiger partial charge in [-0.2, -0.15) is 0 Å². The van der Waals surface area contributed by atoms with Crippen molar-refractivity contribution in [1.29, 1.82) is 0 Å². The van der Waals surface area contributed by atoms with Gasteiger partial charge in [0.25, 0.3) is 0 Å². The van der Waals surface area contributed by atoms with Gasteiger partial charge in [-0.15, -0.1) is 0 Å². The summed E-state index contributed by atoms with van der Waals surface area (Å²) in [5, 5.41) is 5.91. The van der Waals surface area contributed by atoms with Crippen molar-refractivity contribution >= 4 is 18.0 Å². The van der Waals surface area contributed by atoms with Gasteiger partial charge in [0.15, 0.2) is 0 Å². The maximum absolute atomic E-state index is 12.7. The molecule has 0 saturated carbocycles. The van der Waals surface area contributed by atoms with Crippen LogP contribution in [0.1, 0.15) is 53.9 Å². The lowest BCUT2D eigenvalue weighted by Crippen LogP contribution is -2.64. The van der Waals surface area contributed by atoms with Gasteiger partial charge < -0.3 is 29.6 Å². The number of likely N-dealkylation sites (tertiary alicyclic amines) is 1. The molecule has 2 aliphatic rings. The molecule has 0 bridgehead atoms. The third kappa shape index (κ3) is 9.77. The third-order valence-electron chi connectivity index (χ3n) is 5.98. The van der Waals surface area contributed by atoms with Crippen molar-refractivity contribution in [2.75, 3.05) is 46.6 Å². The fourth-order valence-corrected chi connectivity index (χ4v) is 4.60. The van der Waals surface area contributed by atoms with Crippen LogP contribution in [-0.2, 0) is 28.5 Å². The molecule has 0 spiro atoms. The fourth-order valence-electron chi connectivity index (χ4n) is 4.60. The molecule has 35 heavy (non-hydrogen) atoms. The quantitative estimate of drug-likeness (QED) is 0.348. The lowest BCUT2D eigenvalue weighted by Gasteiger charge is -2.45. The van der Waals surface area contributed by atoms with E-state index < -0.39 is 29.7 Å². The van der Waals surface area contributed by atoms with Crippen LogP contribution in [0.4, 0.5) is 4.79 Å². The molecular weight excluding hydrogens is 454 g/mol. The Bertz CT molecular complexity index is 750. The highest BCUT2D eigenvalue weighted by atomic mass is 16.6. The Balaban J connectivity index is 2.28. The molecule has 2 amide bonds. The fraction of sp³-hybridized carbons (Fsp3) is 0.800. The molecule has 1 aliphatic carbocycles. The number of methoxy groups -OCH3 is 1. The van der Waals surface area contributed by atoms with Gasteiger partial charge >= 0.3 is 12.1 Å². The average Bonchev–Trinajstić information content (AvgIpc) is 2.76. The first-order valence-corrected chi connectivity index (χ1v) is 12.5. The van der Waals surface area contributed by atoms with Gasteiger partial charge in [-0.05, 0) is 53.0 Å². The van der Waals surface area contributed by atoms with Crippen molar-refractivity contribution in [2.45, 2.75) is 77.6 Å². The van der Waals surface area contributed by atoms with Crippen molar-refractivity contribution in [3.05, 3.63) is 11.6 Å². The van der Waals surface area contributed by atoms with Gasteiger partial charge in [0.2, 0.25) is 5.91 Å². The van der Waals surface area contributed by atoms with E-state index in [4.69, 9.17) is 18.9 Å². The van der Waals surface area contributed by atoms with Crippen LogP contribution >= 0.6 is 0 Å². The lowest BCUT2D eigenvalue weighted by atomic mass is 9.84. The minimum absolute atomic E-state index is 0.208. The number of rotatable bonds is 10. The summed E-state index contributed by atoms with van der Waals surface area (Å²) in [5.74, 6) is -0.302. The number of carbonyl (C=O) groups excluding carboxylic acids is 3. The van der Waals surface area contributed by atoms with Crippen LogP contribution in [0.15, 0.2) is 11.6 Å². The van der Waals surface area contributed by atoms with Gasteiger partial charge in [0, 0.05) is 32.6 Å². The van der Waals surface area contributed by atoms with Crippen LogP contribution in [0, 0.1) is 5.92 Å². The van der Waals surface area contributed by atoms with Crippen molar-refractivity contribution in [1.82, 2.24) is 15.5 Å². The van der Waals surface area contributed by atoms with Gasteiger partial charge in [-0.1, -0.05) is 6.08 Å². The number of piperidine rings is 1. The molecule has 200 valence electrons. The van der Waals surface area contributed by atoms with Crippen molar-refractivity contribution in [2.24, 2.45) is 5.92 Å². The second kappa shape index (κ2) is 13.8. The number of nitrogens with zero attached hydrogens (tertiary/aromatic N) is 1. The van der Waals surface area contributed by atoms with E-state index in [9.17, 15) is 14.4 Å². The van der Waals surface area contributed by atoms with E-state index >= 15 is 0 Å². The molecule has 1 fully saturated rings. The number of ether oxygens (including phenoxy) is 4. The van der Waals surface area contributed by atoms with E-state index in [1.54, 1.807) is 34.8 Å². The van der Waals surface area contributed by atoms with Crippen molar-refractivity contribution in [3.63, 3.8) is 0 Å². The van der Waals surface area contributed by atoms with Crippen LogP contribution in [0.5, 0.6) is 0 Å². The van der Waals surface area contributed by atoms with Gasteiger partial charge in [0.05, 0.1) is 44.6 Å². The molecule has 0 aromatic carbocycles. The molecule has 1 aliphatic heterocycles. The third-order valence-corrected chi connectivity index (χ3v) is 5.98. The molecule has 2 rings (SSSR count). The Morgan fingerprint density at radius 1 is 1.17 bits per heavy atom. The largest absolute Gasteiger partial charge is 0.463 e. The smallest absolute Gasteiger partial charge is 0.407 e. The molecule has 10 heteroatoms. The van der Waals surface area contributed by atoms with Crippen LogP contribution < -0.4 is 10.6 Å². The van der Waals surface area contributed by atoms with Crippen LogP contribution in [0.3, 0.4) is 0 Å². The summed E-state index contributed by atoms with van der Waals surface area (Å²) in [7, 11) is 1.64. The molecule has 10 nitrogen and oxygen atoms in total. The zero-order valence-electron chi connectivity index (χ0n) is 22.1. The number of carbonyl (C=O) groups is 3. The number of nitrogens with one attached hydrogen (secondary N) is 2. The minimum atomic E-state index is -0.676. The monoisotopic (exact) mass is 497 g/mol. The molecule has 1 heterocycles.